The van der Waals surface area contributed by atoms with Crippen molar-refractivity contribution in [3.05, 3.63) is 77.0 Å². The fourth-order valence-corrected chi connectivity index (χ4v) is 3.94. The monoisotopic (exact) mass is 433 g/mol. The predicted octanol–water partition coefficient (Wildman–Crippen LogP) is 2.42. The Labute approximate surface area is 187 Å². The zero-order chi connectivity index (χ0) is 22.5. The molecule has 1 aliphatic rings. The molecule has 1 aromatic heterocycles. The van der Waals surface area contributed by atoms with Crippen molar-refractivity contribution in [2.24, 2.45) is 0 Å². The van der Waals surface area contributed by atoms with Gasteiger partial charge in [0.1, 0.15) is 11.4 Å². The summed E-state index contributed by atoms with van der Waals surface area (Å²) in [6.07, 6.45) is 3.34. The molecule has 2 heterocycles. The minimum atomic E-state index is -0.543. The highest BCUT2D eigenvalue weighted by molar-refractivity contribution is 5.95. The Morgan fingerprint density at radius 3 is 2.62 bits per heavy atom. The molecular weight excluding hydrogens is 406 g/mol. The summed E-state index contributed by atoms with van der Waals surface area (Å²) in [5.41, 5.74) is 10.2. The standard InChI is InChI=1S/C24H27N5O3/c1-32-24(31)21-15-27-29(22(21)25)20-9-7-18(8-10-20)23(30)26-12-4-13-28-14-11-17-5-2-3-6-19(17)16-28/h2-3,5-10,15H,4,11-14,16,25H2,1H3,(H,26,30). The molecule has 0 bridgehead atoms. The Bertz CT molecular complexity index is 1110. The van der Waals surface area contributed by atoms with Crippen molar-refractivity contribution < 1.29 is 14.3 Å². The average molecular weight is 434 g/mol. The summed E-state index contributed by atoms with van der Waals surface area (Å²) in [6.45, 7) is 3.60. The Morgan fingerprint density at radius 2 is 1.88 bits per heavy atom. The molecule has 0 saturated heterocycles. The lowest BCUT2D eigenvalue weighted by Gasteiger charge is -2.28. The fourth-order valence-electron chi connectivity index (χ4n) is 3.94. The van der Waals surface area contributed by atoms with Crippen LogP contribution in [0.5, 0.6) is 0 Å². The van der Waals surface area contributed by atoms with E-state index in [1.165, 1.54) is 29.1 Å². The first-order valence-electron chi connectivity index (χ1n) is 10.7. The van der Waals surface area contributed by atoms with Crippen LogP contribution in [0.4, 0.5) is 5.82 Å². The molecule has 0 radical (unpaired) electrons. The predicted molar refractivity (Wildman–Crippen MR) is 122 cm³/mol. The summed E-state index contributed by atoms with van der Waals surface area (Å²) in [7, 11) is 1.29. The van der Waals surface area contributed by atoms with Crippen molar-refractivity contribution in [2.45, 2.75) is 19.4 Å². The summed E-state index contributed by atoms with van der Waals surface area (Å²) in [6, 6.07) is 15.5. The Hall–Kier alpha value is -3.65. The van der Waals surface area contributed by atoms with Crippen molar-refractivity contribution in [2.75, 3.05) is 32.5 Å². The van der Waals surface area contributed by atoms with Gasteiger partial charge in [-0.05, 0) is 48.2 Å². The molecule has 8 nitrogen and oxygen atoms in total. The molecule has 0 spiro atoms. The number of amides is 1. The van der Waals surface area contributed by atoms with E-state index < -0.39 is 5.97 Å². The molecule has 3 aromatic rings. The second-order valence-corrected chi connectivity index (χ2v) is 7.80. The van der Waals surface area contributed by atoms with Crippen molar-refractivity contribution in [3.8, 4) is 5.69 Å². The van der Waals surface area contributed by atoms with E-state index in [0.29, 0.717) is 17.8 Å². The molecule has 0 saturated carbocycles. The zero-order valence-electron chi connectivity index (χ0n) is 18.1. The summed E-state index contributed by atoms with van der Waals surface area (Å²) in [5, 5.41) is 7.12. The van der Waals surface area contributed by atoms with E-state index >= 15 is 0 Å². The number of carbonyl (C=O) groups is 2. The van der Waals surface area contributed by atoms with Gasteiger partial charge in [0.25, 0.3) is 5.91 Å². The molecule has 3 N–H and O–H groups in total. The molecule has 8 heteroatoms. The van der Waals surface area contributed by atoms with E-state index in [-0.39, 0.29) is 17.3 Å². The van der Waals surface area contributed by atoms with E-state index in [0.717, 1.165) is 32.5 Å². The van der Waals surface area contributed by atoms with Crippen molar-refractivity contribution in [1.82, 2.24) is 20.0 Å². The maximum atomic E-state index is 12.5. The normalized spacial score (nSPS) is 13.4. The SMILES string of the molecule is COC(=O)c1cnn(-c2ccc(C(=O)NCCCN3CCc4ccccc4C3)cc2)c1N. The molecular formula is C24H27N5O3. The number of anilines is 1. The van der Waals surface area contributed by atoms with Gasteiger partial charge in [0, 0.05) is 31.7 Å². The molecule has 1 amide bonds. The lowest BCUT2D eigenvalue weighted by Crippen LogP contribution is -2.33. The van der Waals surface area contributed by atoms with Gasteiger partial charge < -0.3 is 15.8 Å². The van der Waals surface area contributed by atoms with Gasteiger partial charge in [-0.25, -0.2) is 9.48 Å². The second kappa shape index (κ2) is 9.65. The van der Waals surface area contributed by atoms with Crippen LogP contribution in [0.25, 0.3) is 5.69 Å². The third-order valence-electron chi connectivity index (χ3n) is 5.73. The number of hydrogen-bond donors (Lipinski definition) is 2. The molecule has 32 heavy (non-hydrogen) atoms. The van der Waals surface area contributed by atoms with E-state index in [4.69, 9.17) is 5.73 Å². The number of aromatic nitrogens is 2. The van der Waals surface area contributed by atoms with Crippen LogP contribution in [-0.2, 0) is 17.7 Å². The van der Waals surface area contributed by atoms with E-state index in [9.17, 15) is 9.59 Å². The van der Waals surface area contributed by atoms with Crippen molar-refractivity contribution in [1.29, 1.82) is 0 Å². The van der Waals surface area contributed by atoms with Crippen LogP contribution in [0.2, 0.25) is 0 Å². The van der Waals surface area contributed by atoms with Gasteiger partial charge in [-0.2, -0.15) is 5.10 Å². The number of ether oxygens (including phenoxy) is 1. The van der Waals surface area contributed by atoms with E-state index in [1.54, 1.807) is 24.3 Å². The van der Waals surface area contributed by atoms with Gasteiger partial charge in [-0.1, -0.05) is 24.3 Å². The number of nitrogens with zero attached hydrogens (tertiary/aromatic N) is 3. The van der Waals surface area contributed by atoms with Crippen LogP contribution in [0.15, 0.2) is 54.7 Å². The Morgan fingerprint density at radius 1 is 1.12 bits per heavy atom. The van der Waals surface area contributed by atoms with Gasteiger partial charge in [0.2, 0.25) is 0 Å². The third kappa shape index (κ3) is 4.65. The highest BCUT2D eigenvalue weighted by Crippen LogP contribution is 2.19. The third-order valence-corrected chi connectivity index (χ3v) is 5.73. The number of nitrogens with one attached hydrogen (secondary N) is 1. The minimum absolute atomic E-state index is 0.121. The van der Waals surface area contributed by atoms with Crippen LogP contribution in [0.3, 0.4) is 0 Å². The molecule has 0 atom stereocenters. The van der Waals surface area contributed by atoms with Crippen LogP contribution >= 0.6 is 0 Å². The summed E-state index contributed by atoms with van der Waals surface area (Å²) in [5.74, 6) is -0.475. The van der Waals surface area contributed by atoms with Gasteiger partial charge in [-0.15, -0.1) is 0 Å². The Kier molecular flexibility index (Phi) is 6.51. The smallest absolute Gasteiger partial charge is 0.343 e. The molecule has 0 fully saturated rings. The number of esters is 1. The summed E-state index contributed by atoms with van der Waals surface area (Å²) < 4.78 is 6.12. The molecule has 0 unspecified atom stereocenters. The largest absolute Gasteiger partial charge is 0.465 e. The van der Waals surface area contributed by atoms with Crippen LogP contribution in [0, 0.1) is 0 Å². The fraction of sp³-hybridized carbons (Fsp3) is 0.292. The first-order valence-corrected chi connectivity index (χ1v) is 10.7. The first-order chi connectivity index (χ1) is 15.6. The highest BCUT2D eigenvalue weighted by atomic mass is 16.5. The molecule has 4 rings (SSSR count). The lowest BCUT2D eigenvalue weighted by molar-refractivity contribution is 0.0601. The Balaban J connectivity index is 1.27. The number of nitrogen functional groups attached to an aromatic ring is 1. The molecule has 2 aromatic carbocycles. The van der Waals surface area contributed by atoms with Gasteiger partial charge in [0.05, 0.1) is 19.0 Å². The average Bonchev–Trinajstić information content (AvgIpc) is 3.22. The number of fused-ring (bicyclic) bond motifs is 1. The maximum absolute atomic E-state index is 12.5. The van der Waals surface area contributed by atoms with E-state index in [2.05, 4.69) is 44.3 Å². The molecule has 166 valence electrons. The molecule has 0 aliphatic carbocycles. The molecule has 1 aliphatic heterocycles. The highest BCUT2D eigenvalue weighted by Gasteiger charge is 2.17. The number of benzene rings is 2. The number of methoxy groups -OCH3 is 1. The van der Waals surface area contributed by atoms with Gasteiger partial charge in [0.15, 0.2) is 0 Å². The van der Waals surface area contributed by atoms with Gasteiger partial charge >= 0.3 is 5.97 Å². The number of nitrogens with two attached hydrogens (primary N) is 1. The van der Waals surface area contributed by atoms with Crippen LogP contribution in [0.1, 0.15) is 38.3 Å². The first kappa shape index (κ1) is 21.6. The van der Waals surface area contributed by atoms with Crippen molar-refractivity contribution >= 4 is 17.7 Å². The van der Waals surface area contributed by atoms with Crippen LogP contribution < -0.4 is 11.1 Å². The quantitative estimate of drug-likeness (QED) is 0.438. The summed E-state index contributed by atoms with van der Waals surface area (Å²) in [4.78, 5) is 26.6. The topological polar surface area (TPSA) is 102 Å². The number of hydrogen-bond acceptors (Lipinski definition) is 6. The number of carbonyl (C=O) groups excluding carboxylic acids is 2. The number of rotatable bonds is 7. The van der Waals surface area contributed by atoms with Crippen LogP contribution in [-0.4, -0.2) is 53.3 Å². The van der Waals surface area contributed by atoms with Crippen molar-refractivity contribution in [3.63, 3.8) is 0 Å². The zero-order valence-corrected chi connectivity index (χ0v) is 18.1. The second-order valence-electron chi connectivity index (χ2n) is 7.80. The minimum Gasteiger partial charge on any atom is -0.465 e. The lowest BCUT2D eigenvalue weighted by atomic mass is 10.00. The summed E-state index contributed by atoms with van der Waals surface area (Å²) >= 11 is 0. The maximum Gasteiger partial charge on any atom is 0.343 e. The van der Waals surface area contributed by atoms with E-state index in [1.807, 2.05) is 0 Å². The van der Waals surface area contributed by atoms with Gasteiger partial charge in [-0.3, -0.25) is 9.69 Å².